The number of pyridine rings is 1. The average molecular weight is 395 g/mol. The highest BCUT2D eigenvalue weighted by atomic mass is 16.6. The van der Waals surface area contributed by atoms with Gasteiger partial charge in [0.2, 0.25) is 0 Å². The van der Waals surface area contributed by atoms with E-state index >= 15 is 0 Å². The zero-order chi connectivity index (χ0) is 21.2. The maximum atomic E-state index is 10.7. The molecule has 3 rings (SSSR count). The summed E-state index contributed by atoms with van der Waals surface area (Å²) in [5.41, 5.74) is 6.95. The van der Waals surface area contributed by atoms with Crippen LogP contribution in [-0.4, -0.2) is 35.3 Å². The Labute approximate surface area is 170 Å². The van der Waals surface area contributed by atoms with Gasteiger partial charge in [-0.2, -0.15) is 5.10 Å². The number of nitrogens with zero attached hydrogens (tertiary/aromatic N) is 4. The number of nitrogens with one attached hydrogen (secondary N) is 1. The Bertz CT molecular complexity index is 981. The minimum absolute atomic E-state index is 0.0680. The first-order chi connectivity index (χ1) is 13.8. The van der Waals surface area contributed by atoms with Crippen molar-refractivity contribution >= 4 is 29.0 Å². The third-order valence-electron chi connectivity index (χ3n) is 4.99. The average Bonchev–Trinajstić information content (AvgIpc) is 2.68. The molecular weight excluding hydrogens is 370 g/mol. The van der Waals surface area contributed by atoms with Crippen LogP contribution in [0, 0.1) is 10.1 Å². The van der Waals surface area contributed by atoms with Crippen LogP contribution >= 0.6 is 0 Å². The molecule has 2 aromatic rings. The predicted octanol–water partition coefficient (Wildman–Crippen LogP) is 4.47. The molecule has 0 saturated carbocycles. The van der Waals surface area contributed by atoms with E-state index in [1.54, 1.807) is 13.3 Å². The number of hydrogen-bond donors (Lipinski definition) is 1. The van der Waals surface area contributed by atoms with E-state index in [1.165, 1.54) is 23.9 Å². The number of aromatic nitrogens is 1. The Morgan fingerprint density at radius 3 is 2.72 bits per heavy atom. The Balaban J connectivity index is 1.89. The second kappa shape index (κ2) is 7.90. The number of methoxy groups -OCH3 is 1. The summed E-state index contributed by atoms with van der Waals surface area (Å²) in [5, 5.41) is 14.9. The van der Waals surface area contributed by atoms with Crippen molar-refractivity contribution in [1.29, 1.82) is 0 Å². The highest BCUT2D eigenvalue weighted by Gasteiger charge is 2.31. The van der Waals surface area contributed by atoms with Gasteiger partial charge in [0.05, 0.1) is 23.8 Å². The Kier molecular flexibility index (Phi) is 5.54. The molecule has 0 amide bonds. The van der Waals surface area contributed by atoms with Gasteiger partial charge in [0.1, 0.15) is 17.8 Å². The van der Waals surface area contributed by atoms with Gasteiger partial charge in [-0.05, 0) is 45.4 Å². The van der Waals surface area contributed by atoms with Gasteiger partial charge in [0, 0.05) is 35.5 Å². The summed E-state index contributed by atoms with van der Waals surface area (Å²) in [6, 6.07) is 6.99. The molecule has 0 bridgehead atoms. The molecule has 152 valence electrons. The van der Waals surface area contributed by atoms with E-state index in [0.717, 1.165) is 29.1 Å². The summed E-state index contributed by atoms with van der Waals surface area (Å²) in [6.45, 7) is 9.54. The number of anilines is 2. The number of hydrazone groups is 1. The zero-order valence-electron chi connectivity index (χ0n) is 17.3. The fourth-order valence-corrected chi connectivity index (χ4v) is 3.70. The smallest absolute Gasteiger partial charge is 0.287 e. The molecule has 0 fully saturated rings. The van der Waals surface area contributed by atoms with Crippen molar-refractivity contribution in [2.45, 2.75) is 33.2 Å². The molecule has 0 spiro atoms. The van der Waals surface area contributed by atoms with E-state index < -0.39 is 4.92 Å². The zero-order valence-corrected chi connectivity index (χ0v) is 17.3. The van der Waals surface area contributed by atoms with Gasteiger partial charge in [-0.15, -0.1) is 0 Å². The van der Waals surface area contributed by atoms with E-state index in [1.807, 2.05) is 6.07 Å². The second-order valence-electron chi connectivity index (χ2n) is 7.37. The topological polar surface area (TPSA) is 92.9 Å². The van der Waals surface area contributed by atoms with E-state index in [4.69, 9.17) is 4.74 Å². The molecule has 0 radical (unpaired) electrons. The van der Waals surface area contributed by atoms with Gasteiger partial charge in [0.25, 0.3) is 5.69 Å². The van der Waals surface area contributed by atoms with Crippen molar-refractivity contribution in [3.63, 3.8) is 0 Å². The van der Waals surface area contributed by atoms with Crippen LogP contribution in [-0.2, 0) is 0 Å². The molecule has 0 aliphatic carbocycles. The molecule has 0 saturated heterocycles. The number of ether oxygens (including phenoxy) is 1. The number of fused-ring (bicyclic) bond motifs is 1. The first kappa shape index (κ1) is 20.3. The highest BCUT2D eigenvalue weighted by molar-refractivity contribution is 5.91. The van der Waals surface area contributed by atoms with Crippen LogP contribution in [0.2, 0.25) is 0 Å². The van der Waals surface area contributed by atoms with Crippen LogP contribution in [0.4, 0.5) is 17.2 Å². The van der Waals surface area contributed by atoms with Gasteiger partial charge in [0.15, 0.2) is 0 Å². The van der Waals surface area contributed by atoms with Gasteiger partial charge in [-0.25, -0.2) is 4.98 Å². The lowest BCUT2D eigenvalue weighted by Gasteiger charge is -2.43. The molecule has 1 aliphatic rings. The first-order valence-corrected chi connectivity index (χ1v) is 9.36. The summed E-state index contributed by atoms with van der Waals surface area (Å²) in [7, 11) is 1.64. The van der Waals surface area contributed by atoms with E-state index in [0.29, 0.717) is 5.82 Å². The SMILES string of the molecule is CCN1c2cc(OC)c(/C=N\Nc3ccc([N+](=O)[O-])cn3)cc2C(C)=CC1(C)C. The van der Waals surface area contributed by atoms with Crippen LogP contribution in [0.3, 0.4) is 0 Å². The molecular formula is C21H25N5O3. The number of allylic oxidation sites excluding steroid dienone is 1. The maximum absolute atomic E-state index is 10.7. The molecule has 1 aromatic carbocycles. The van der Waals surface area contributed by atoms with Crippen LogP contribution < -0.4 is 15.1 Å². The lowest BCUT2D eigenvalue weighted by Crippen LogP contribution is -2.44. The van der Waals surface area contributed by atoms with E-state index in [9.17, 15) is 10.1 Å². The summed E-state index contributed by atoms with van der Waals surface area (Å²) in [6.07, 6.45) is 5.11. The molecule has 0 unspecified atom stereocenters. The summed E-state index contributed by atoms with van der Waals surface area (Å²) in [4.78, 5) is 16.5. The van der Waals surface area contributed by atoms with Gasteiger partial charge >= 0.3 is 0 Å². The van der Waals surface area contributed by atoms with Crippen molar-refractivity contribution < 1.29 is 9.66 Å². The van der Waals surface area contributed by atoms with Crippen molar-refractivity contribution in [2.75, 3.05) is 24.0 Å². The van der Waals surface area contributed by atoms with Crippen molar-refractivity contribution in [1.82, 2.24) is 4.98 Å². The molecule has 1 aliphatic heterocycles. The quantitative estimate of drug-likeness (QED) is 0.441. The highest BCUT2D eigenvalue weighted by Crippen LogP contribution is 2.41. The molecule has 29 heavy (non-hydrogen) atoms. The number of rotatable bonds is 6. The van der Waals surface area contributed by atoms with Crippen molar-refractivity contribution in [2.24, 2.45) is 5.10 Å². The van der Waals surface area contributed by atoms with Crippen LogP contribution in [0.25, 0.3) is 5.57 Å². The Morgan fingerprint density at radius 2 is 2.14 bits per heavy atom. The predicted molar refractivity (Wildman–Crippen MR) is 116 cm³/mol. The Morgan fingerprint density at radius 1 is 1.38 bits per heavy atom. The minimum atomic E-state index is -0.491. The van der Waals surface area contributed by atoms with Gasteiger partial charge in [-0.3, -0.25) is 15.5 Å². The van der Waals surface area contributed by atoms with Crippen LogP contribution in [0.15, 0.2) is 41.6 Å². The second-order valence-corrected chi connectivity index (χ2v) is 7.37. The third kappa shape index (κ3) is 4.06. The van der Waals surface area contributed by atoms with E-state index in [-0.39, 0.29) is 11.2 Å². The Hall–Kier alpha value is -3.42. The van der Waals surface area contributed by atoms with Gasteiger partial charge < -0.3 is 9.64 Å². The third-order valence-corrected chi connectivity index (χ3v) is 4.99. The van der Waals surface area contributed by atoms with Crippen LogP contribution in [0.5, 0.6) is 5.75 Å². The number of hydrogen-bond acceptors (Lipinski definition) is 7. The first-order valence-electron chi connectivity index (χ1n) is 9.36. The van der Waals surface area contributed by atoms with E-state index in [2.05, 4.69) is 60.2 Å². The summed E-state index contributed by atoms with van der Waals surface area (Å²) >= 11 is 0. The molecule has 2 heterocycles. The fourth-order valence-electron chi connectivity index (χ4n) is 3.70. The number of nitro groups is 1. The van der Waals surface area contributed by atoms with Crippen molar-refractivity contribution in [3.05, 3.63) is 57.8 Å². The molecule has 0 atom stereocenters. The minimum Gasteiger partial charge on any atom is -0.496 e. The summed E-state index contributed by atoms with van der Waals surface area (Å²) in [5.74, 6) is 1.13. The number of likely N-dealkylation sites (N-methyl/N-ethyl adjacent to an activating group) is 1. The monoisotopic (exact) mass is 395 g/mol. The normalized spacial score (nSPS) is 15.1. The molecule has 8 nitrogen and oxygen atoms in total. The number of benzene rings is 1. The van der Waals surface area contributed by atoms with Crippen LogP contribution in [0.1, 0.15) is 38.8 Å². The van der Waals surface area contributed by atoms with Gasteiger partial charge in [-0.1, -0.05) is 6.08 Å². The largest absolute Gasteiger partial charge is 0.496 e. The fraction of sp³-hybridized carbons (Fsp3) is 0.333. The molecule has 1 N–H and O–H groups in total. The summed E-state index contributed by atoms with van der Waals surface area (Å²) < 4.78 is 5.60. The molecule has 1 aromatic heterocycles. The maximum Gasteiger partial charge on any atom is 0.287 e. The van der Waals surface area contributed by atoms with Crippen molar-refractivity contribution in [3.8, 4) is 5.75 Å². The lowest BCUT2D eigenvalue weighted by molar-refractivity contribution is -0.385. The molecule has 8 heteroatoms. The lowest BCUT2D eigenvalue weighted by atomic mass is 9.88. The standard InChI is InChI=1S/C21H25N5O3/c1-6-25-18-10-19(29-5)15(9-17(18)14(2)11-21(25,3)4)12-23-24-20-8-7-16(13-22-20)26(27)28/h7-13H,6H2,1-5H3,(H,22,24)/b23-12-.